The van der Waals surface area contributed by atoms with Gasteiger partial charge in [-0.25, -0.2) is 4.79 Å². The third kappa shape index (κ3) is 15.1. The minimum Gasteiger partial charge on any atom is -0.452 e. The molecule has 7 bridgehead atoms. The van der Waals surface area contributed by atoms with E-state index >= 15 is 0 Å². The van der Waals surface area contributed by atoms with Crippen LogP contribution in [-0.2, 0) is 33.3 Å². The lowest BCUT2D eigenvalue weighted by atomic mass is 9.85. The SMILES string of the molecule is C/C(=C\[C@H](C)CCCCC(=O)NCCN)C1OC2C=CC1OC(=O)\C=C/C=C\C=C\[C@H]1OC3CC1O[C@@H](/C=C/C[C@H]1O[C@H](C[C@H](O)[C@H]1C)[C@@H](O)[C@@H](O)/C=C/CC/C=C/C2)C3C. The van der Waals surface area contributed by atoms with E-state index in [1.54, 1.807) is 18.2 Å². The van der Waals surface area contributed by atoms with Gasteiger partial charge in [0, 0.05) is 50.3 Å². The number of hydrogen-bond donors (Lipinski definition) is 5. The van der Waals surface area contributed by atoms with E-state index < -0.39 is 42.6 Å². The first-order chi connectivity index (χ1) is 29.4. The van der Waals surface area contributed by atoms with Crippen molar-refractivity contribution in [3.05, 3.63) is 96.7 Å². The van der Waals surface area contributed by atoms with Crippen LogP contribution < -0.4 is 11.1 Å². The summed E-state index contributed by atoms with van der Waals surface area (Å²) < 4.78 is 31.7. The summed E-state index contributed by atoms with van der Waals surface area (Å²) in [6, 6.07) is 0. The zero-order valence-electron chi connectivity index (χ0n) is 36.6. The van der Waals surface area contributed by atoms with Gasteiger partial charge < -0.3 is 50.1 Å². The summed E-state index contributed by atoms with van der Waals surface area (Å²) in [5.41, 5.74) is 6.46. The molecule has 12 heteroatoms. The number of nitrogens with two attached hydrogens (primary N) is 1. The number of fused-ring (bicyclic) bond motifs is 13. The Hall–Kier alpha value is -3.46. The molecule has 0 aliphatic carbocycles. The Kier molecular flexibility index (Phi) is 19.9. The fourth-order valence-electron chi connectivity index (χ4n) is 8.69. The molecule has 6 aliphatic heterocycles. The lowest BCUT2D eigenvalue weighted by Crippen LogP contribution is -2.50. The zero-order chi connectivity index (χ0) is 43.7. The second-order valence-electron chi connectivity index (χ2n) is 17.4. The van der Waals surface area contributed by atoms with Crippen molar-refractivity contribution in [3.8, 4) is 0 Å². The van der Waals surface area contributed by atoms with Crippen molar-refractivity contribution in [1.29, 1.82) is 0 Å². The third-order valence-electron chi connectivity index (χ3n) is 12.4. The number of ether oxygens (including phenoxy) is 5. The lowest BCUT2D eigenvalue weighted by molar-refractivity contribution is -0.175. The quantitative estimate of drug-likeness (QED) is 0.108. The molecule has 6 heterocycles. The van der Waals surface area contributed by atoms with Crippen LogP contribution in [0.4, 0.5) is 0 Å². The molecule has 6 N–H and O–H groups in total. The second kappa shape index (κ2) is 25.0. The topological polar surface area (TPSA) is 179 Å². The first kappa shape index (κ1) is 48.6. The van der Waals surface area contributed by atoms with Crippen molar-refractivity contribution in [2.75, 3.05) is 13.1 Å². The number of unbranched alkanes of at least 4 members (excludes halogenated alkanes) is 1. The highest BCUT2D eigenvalue weighted by Gasteiger charge is 2.45. The van der Waals surface area contributed by atoms with Crippen molar-refractivity contribution in [2.24, 2.45) is 23.5 Å². The molecule has 6 rings (SSSR count). The molecule has 6 unspecified atom stereocenters. The second-order valence-corrected chi connectivity index (χ2v) is 17.4. The molecule has 0 saturated carbocycles. The van der Waals surface area contributed by atoms with Crippen LogP contribution in [0.15, 0.2) is 96.7 Å². The smallest absolute Gasteiger partial charge is 0.331 e. The minimum absolute atomic E-state index is 0.0237. The van der Waals surface area contributed by atoms with Gasteiger partial charge in [0.2, 0.25) is 5.91 Å². The van der Waals surface area contributed by atoms with Gasteiger partial charge in [-0.15, -0.1) is 0 Å². The zero-order valence-corrected chi connectivity index (χ0v) is 36.6. The number of nitrogens with one attached hydrogen (secondary N) is 1. The fraction of sp³-hybridized carbons (Fsp3) is 0.633. The normalized spacial score (nSPS) is 40.2. The molecule has 0 aromatic rings. The molecule has 0 aromatic carbocycles. The number of carbonyl (C=O) groups excluding carboxylic acids is 2. The van der Waals surface area contributed by atoms with E-state index in [1.165, 1.54) is 6.08 Å². The number of aliphatic hydroxyl groups is 3. The van der Waals surface area contributed by atoms with Gasteiger partial charge in [0.05, 0.1) is 42.7 Å². The predicted octanol–water partition coefficient (Wildman–Crippen LogP) is 5.79. The van der Waals surface area contributed by atoms with Crippen LogP contribution in [0.1, 0.15) is 91.9 Å². The molecule has 1 amide bonds. The number of amides is 1. The van der Waals surface area contributed by atoms with Gasteiger partial charge >= 0.3 is 5.97 Å². The van der Waals surface area contributed by atoms with Gasteiger partial charge in [0.15, 0.2) is 6.10 Å². The summed E-state index contributed by atoms with van der Waals surface area (Å²) in [5, 5.41) is 35.6. The molecule has 61 heavy (non-hydrogen) atoms. The average Bonchev–Trinajstić information content (AvgIpc) is 3.59. The molecular weight excluding hydrogens is 777 g/mol. The maximum Gasteiger partial charge on any atom is 0.331 e. The van der Waals surface area contributed by atoms with Gasteiger partial charge in [-0.2, -0.15) is 0 Å². The first-order valence-electron chi connectivity index (χ1n) is 22.6. The minimum atomic E-state index is -1.18. The monoisotopic (exact) mass is 849 g/mol. The number of aliphatic hydroxyl groups excluding tert-OH is 3. The Morgan fingerprint density at radius 3 is 2.41 bits per heavy atom. The Bertz CT molecular complexity index is 1630. The van der Waals surface area contributed by atoms with Crippen LogP contribution in [0.5, 0.6) is 0 Å². The van der Waals surface area contributed by atoms with Crippen molar-refractivity contribution >= 4 is 11.9 Å². The summed E-state index contributed by atoms with van der Waals surface area (Å²) >= 11 is 0. The number of allylic oxidation sites excluding steroid dienone is 7. The van der Waals surface area contributed by atoms with E-state index in [-0.39, 0.29) is 66.7 Å². The molecule has 338 valence electrons. The number of hydrogen-bond acceptors (Lipinski definition) is 11. The molecule has 3 saturated heterocycles. The molecule has 12 nitrogen and oxygen atoms in total. The Morgan fingerprint density at radius 1 is 0.803 bits per heavy atom. The maximum atomic E-state index is 13.0. The fourth-order valence-corrected chi connectivity index (χ4v) is 8.69. The van der Waals surface area contributed by atoms with Crippen LogP contribution in [0.2, 0.25) is 0 Å². The highest BCUT2D eigenvalue weighted by Crippen LogP contribution is 2.38. The summed E-state index contributed by atoms with van der Waals surface area (Å²) in [4.78, 5) is 25.0. The maximum absolute atomic E-state index is 13.0. The van der Waals surface area contributed by atoms with Gasteiger partial charge in [0.25, 0.3) is 0 Å². The first-order valence-corrected chi connectivity index (χ1v) is 22.6. The van der Waals surface area contributed by atoms with Crippen LogP contribution in [0.3, 0.4) is 0 Å². The van der Waals surface area contributed by atoms with E-state index in [2.05, 4.69) is 43.5 Å². The summed E-state index contributed by atoms with van der Waals surface area (Å²) in [5.74, 6) is -0.218. The number of carbonyl (C=O) groups is 2. The standard InChI is InChI=1S/C49H72N2O10/c1-32(17-14-15-23-46(54)51-28-27-50)29-33(2)49-42-26-25-36(57-49)18-10-6-5-7-11-19-37(52)48(56)45-30-38(53)34(3)39(59-45)21-16-22-40-35(4)43-31-44(58-40)41(60-43)20-12-8-9-13-24-47(55)61-42/h6,8-13,16,19-20,22,24-26,29,32,34-45,48-49,52-53,56H,5,7,14-15,17-18,21,23,27-28,30-31,50H2,1-4H3,(H,51,54)/b9-8-,10-6+,19-11+,20-12+,22-16+,24-13-,33-29+/t32-,34-,35?,36?,37+,38+,39-,40+,41-,42?,43?,44?,45-,48+,49?/m1/s1. The Balaban J connectivity index is 1.26. The lowest BCUT2D eigenvalue weighted by Gasteiger charge is -2.40. The van der Waals surface area contributed by atoms with Crippen LogP contribution >= 0.6 is 0 Å². The summed E-state index contributed by atoms with van der Waals surface area (Å²) in [6.07, 6.45) is 29.3. The van der Waals surface area contributed by atoms with Crippen LogP contribution in [0, 0.1) is 17.8 Å². The van der Waals surface area contributed by atoms with Crippen molar-refractivity contribution < 1.29 is 48.6 Å². The van der Waals surface area contributed by atoms with Gasteiger partial charge in [-0.1, -0.05) is 106 Å². The van der Waals surface area contributed by atoms with Gasteiger partial charge in [-0.05, 0) is 63.0 Å². The Labute approximate surface area is 363 Å². The Morgan fingerprint density at radius 2 is 1.59 bits per heavy atom. The van der Waals surface area contributed by atoms with E-state index in [0.717, 1.165) is 37.7 Å². The van der Waals surface area contributed by atoms with Crippen molar-refractivity contribution in [2.45, 2.75) is 165 Å². The summed E-state index contributed by atoms with van der Waals surface area (Å²) in [6.45, 7) is 9.15. The summed E-state index contributed by atoms with van der Waals surface area (Å²) in [7, 11) is 0. The third-order valence-corrected chi connectivity index (χ3v) is 12.4. The molecular formula is C49H72N2O10. The van der Waals surface area contributed by atoms with E-state index in [4.69, 9.17) is 29.4 Å². The number of esters is 1. The van der Waals surface area contributed by atoms with Crippen molar-refractivity contribution in [3.63, 3.8) is 0 Å². The van der Waals surface area contributed by atoms with E-state index in [0.29, 0.717) is 38.8 Å². The predicted molar refractivity (Wildman–Crippen MR) is 236 cm³/mol. The van der Waals surface area contributed by atoms with E-state index in [9.17, 15) is 24.9 Å². The highest BCUT2D eigenvalue weighted by atomic mass is 16.6. The average molecular weight is 849 g/mol. The molecule has 3 fully saturated rings. The molecule has 0 radical (unpaired) electrons. The van der Waals surface area contributed by atoms with Crippen molar-refractivity contribution in [1.82, 2.24) is 5.32 Å². The van der Waals surface area contributed by atoms with Crippen LogP contribution in [0.25, 0.3) is 0 Å². The largest absolute Gasteiger partial charge is 0.452 e. The van der Waals surface area contributed by atoms with Crippen LogP contribution in [-0.4, -0.2) is 114 Å². The van der Waals surface area contributed by atoms with E-state index in [1.807, 2.05) is 56.4 Å². The van der Waals surface area contributed by atoms with Gasteiger partial charge in [-0.3, -0.25) is 4.79 Å². The number of rotatable bonds is 9. The molecule has 0 aromatic heterocycles. The molecule has 15 atom stereocenters. The highest BCUT2D eigenvalue weighted by molar-refractivity contribution is 5.82. The van der Waals surface area contributed by atoms with Gasteiger partial charge in [0.1, 0.15) is 24.4 Å². The molecule has 0 spiro atoms. The molecule has 6 aliphatic rings.